The molecule has 0 spiro atoms. The Morgan fingerprint density at radius 2 is 1.74 bits per heavy atom. The largest absolute Gasteiger partial charge is 0.379 e. The molecule has 2 amide bonds. The Labute approximate surface area is 226 Å². The zero-order valence-electron chi connectivity index (χ0n) is 23.0. The Morgan fingerprint density at radius 1 is 1.00 bits per heavy atom. The minimum Gasteiger partial charge on any atom is -0.379 e. The summed E-state index contributed by atoms with van der Waals surface area (Å²) >= 11 is 0. The number of nitrogens with zero attached hydrogens (tertiary/aromatic N) is 4. The molecule has 2 heterocycles. The Bertz CT molecular complexity index is 1180. The molecule has 38 heavy (non-hydrogen) atoms. The average molecular weight is 517 g/mol. The van der Waals surface area contributed by atoms with Gasteiger partial charge in [-0.3, -0.25) is 14.5 Å². The third kappa shape index (κ3) is 6.00. The number of carbonyl (C=O) groups is 2. The van der Waals surface area contributed by atoms with Gasteiger partial charge < -0.3 is 9.64 Å². The lowest BCUT2D eigenvalue weighted by molar-refractivity contribution is -0.145. The second kappa shape index (κ2) is 11.8. The van der Waals surface area contributed by atoms with Gasteiger partial charge in [-0.05, 0) is 61.9 Å². The normalized spacial score (nSPS) is 20.2. The van der Waals surface area contributed by atoms with Crippen LogP contribution in [-0.4, -0.2) is 78.3 Å². The Kier molecular flexibility index (Phi) is 8.24. The molecule has 0 N–H and O–H groups in total. The van der Waals surface area contributed by atoms with E-state index in [2.05, 4.69) is 68.1 Å². The van der Waals surface area contributed by atoms with E-state index in [4.69, 9.17) is 9.84 Å². The van der Waals surface area contributed by atoms with Gasteiger partial charge in [0.1, 0.15) is 6.54 Å². The number of hydrogen-bond donors (Lipinski definition) is 0. The number of aryl methyl sites for hydroxylation is 3. The molecular formula is C31H40N4O3. The second-order valence-corrected chi connectivity index (χ2v) is 11.1. The smallest absolute Gasteiger partial charge is 0.262 e. The summed E-state index contributed by atoms with van der Waals surface area (Å²) in [5.41, 5.74) is 6.66. The molecule has 1 saturated carbocycles. The van der Waals surface area contributed by atoms with Gasteiger partial charge in [0.2, 0.25) is 5.91 Å². The van der Waals surface area contributed by atoms with Crippen molar-refractivity contribution in [1.29, 1.82) is 0 Å². The Morgan fingerprint density at radius 3 is 2.39 bits per heavy atom. The molecule has 0 unspecified atom stereocenters. The predicted molar refractivity (Wildman–Crippen MR) is 149 cm³/mol. The number of hydrazone groups is 1. The SMILES string of the molecule is Cc1ccc([C@H]2CC(c3ccc(C)c(C)c3)=NN2C(=O)CN(CCN2CCOCC2)C(=O)C2CCC2)cc1. The highest BCUT2D eigenvalue weighted by Gasteiger charge is 2.36. The van der Waals surface area contributed by atoms with Crippen LogP contribution >= 0.6 is 0 Å². The van der Waals surface area contributed by atoms with Gasteiger partial charge in [-0.15, -0.1) is 0 Å². The van der Waals surface area contributed by atoms with E-state index < -0.39 is 0 Å². The molecule has 0 radical (unpaired) electrons. The minimum absolute atomic E-state index is 0.0496. The van der Waals surface area contributed by atoms with Crippen molar-refractivity contribution in [3.63, 3.8) is 0 Å². The Balaban J connectivity index is 1.38. The van der Waals surface area contributed by atoms with E-state index in [9.17, 15) is 9.59 Å². The highest BCUT2D eigenvalue weighted by Crippen LogP contribution is 2.34. The molecule has 5 rings (SSSR count). The van der Waals surface area contributed by atoms with Gasteiger partial charge in [-0.2, -0.15) is 5.10 Å². The fourth-order valence-electron chi connectivity index (χ4n) is 5.39. The molecule has 2 aromatic rings. The highest BCUT2D eigenvalue weighted by atomic mass is 16.5. The van der Waals surface area contributed by atoms with Crippen LogP contribution in [0.3, 0.4) is 0 Å². The standard InChI is InChI=1S/C31H40N4O3/c1-22-7-10-25(11-8-22)29-20-28(27-12-9-23(2)24(3)19-27)32-35(29)30(36)21-34(31(37)26-5-4-6-26)14-13-33-15-17-38-18-16-33/h7-12,19,26,29H,4-6,13-18,20-21H2,1-3H3/t29-/m1/s1. The summed E-state index contributed by atoms with van der Waals surface area (Å²) in [5, 5.41) is 6.53. The van der Waals surface area contributed by atoms with Crippen LogP contribution in [0, 0.1) is 26.7 Å². The fraction of sp³-hybridized carbons (Fsp3) is 0.516. The summed E-state index contributed by atoms with van der Waals surface area (Å²) < 4.78 is 5.47. The van der Waals surface area contributed by atoms with Gasteiger partial charge in [0.25, 0.3) is 5.91 Å². The highest BCUT2D eigenvalue weighted by molar-refractivity contribution is 6.03. The number of morpholine rings is 1. The molecule has 0 aromatic heterocycles. The first-order valence-corrected chi connectivity index (χ1v) is 14.0. The van der Waals surface area contributed by atoms with E-state index in [-0.39, 0.29) is 30.3 Å². The predicted octanol–water partition coefficient (Wildman–Crippen LogP) is 4.25. The molecule has 1 aliphatic carbocycles. The molecule has 7 nitrogen and oxygen atoms in total. The van der Waals surface area contributed by atoms with E-state index in [1.807, 2.05) is 0 Å². The maximum Gasteiger partial charge on any atom is 0.262 e. The van der Waals surface area contributed by atoms with Gasteiger partial charge in [0.05, 0.1) is 25.0 Å². The average Bonchev–Trinajstić information content (AvgIpc) is 3.34. The van der Waals surface area contributed by atoms with E-state index in [1.165, 1.54) is 16.7 Å². The van der Waals surface area contributed by atoms with Crippen LogP contribution in [0.25, 0.3) is 0 Å². The van der Waals surface area contributed by atoms with E-state index in [1.54, 1.807) is 9.91 Å². The van der Waals surface area contributed by atoms with Crippen LogP contribution < -0.4 is 0 Å². The van der Waals surface area contributed by atoms with E-state index >= 15 is 0 Å². The van der Waals surface area contributed by atoms with Crippen molar-refractivity contribution in [3.8, 4) is 0 Å². The quantitative estimate of drug-likeness (QED) is 0.526. The third-order valence-electron chi connectivity index (χ3n) is 8.35. The molecule has 1 atom stereocenters. The van der Waals surface area contributed by atoms with Crippen molar-refractivity contribution in [1.82, 2.24) is 14.8 Å². The van der Waals surface area contributed by atoms with Gasteiger partial charge in [-0.1, -0.05) is 48.4 Å². The van der Waals surface area contributed by atoms with Crippen molar-refractivity contribution in [2.75, 3.05) is 45.9 Å². The molecule has 1 saturated heterocycles. The van der Waals surface area contributed by atoms with Crippen LogP contribution in [0.2, 0.25) is 0 Å². The first kappa shape index (κ1) is 26.6. The second-order valence-electron chi connectivity index (χ2n) is 11.1. The van der Waals surface area contributed by atoms with Crippen LogP contribution in [0.4, 0.5) is 0 Å². The number of amides is 2. The summed E-state index contributed by atoms with van der Waals surface area (Å²) in [7, 11) is 0. The molecule has 3 aliphatic rings. The molecule has 202 valence electrons. The maximum absolute atomic E-state index is 13.9. The van der Waals surface area contributed by atoms with Gasteiger partial charge in [0.15, 0.2) is 0 Å². The maximum atomic E-state index is 13.9. The monoisotopic (exact) mass is 516 g/mol. The number of hydrogen-bond acceptors (Lipinski definition) is 5. The molecule has 2 fully saturated rings. The van der Waals surface area contributed by atoms with Crippen molar-refractivity contribution in [3.05, 3.63) is 70.3 Å². The van der Waals surface area contributed by atoms with E-state index in [0.717, 1.165) is 68.9 Å². The summed E-state index contributed by atoms with van der Waals surface area (Å²) in [6, 6.07) is 14.5. The molecule has 0 bridgehead atoms. The number of ether oxygens (including phenoxy) is 1. The summed E-state index contributed by atoms with van der Waals surface area (Å²) in [4.78, 5) is 31.4. The first-order chi connectivity index (χ1) is 18.4. The molecular weight excluding hydrogens is 476 g/mol. The van der Waals surface area contributed by atoms with Gasteiger partial charge >= 0.3 is 0 Å². The summed E-state index contributed by atoms with van der Waals surface area (Å²) in [6.07, 6.45) is 3.59. The lowest BCUT2D eigenvalue weighted by Crippen LogP contribution is -2.49. The van der Waals surface area contributed by atoms with Crippen LogP contribution in [0.5, 0.6) is 0 Å². The van der Waals surface area contributed by atoms with Gasteiger partial charge in [-0.25, -0.2) is 5.01 Å². The van der Waals surface area contributed by atoms with Crippen molar-refractivity contribution in [2.45, 2.75) is 52.5 Å². The van der Waals surface area contributed by atoms with Crippen LogP contribution in [-0.2, 0) is 14.3 Å². The summed E-state index contributed by atoms with van der Waals surface area (Å²) in [6.45, 7) is 10.8. The third-order valence-corrected chi connectivity index (χ3v) is 8.35. The number of benzene rings is 2. The van der Waals surface area contributed by atoms with Crippen molar-refractivity contribution >= 4 is 17.5 Å². The van der Waals surface area contributed by atoms with Crippen LogP contribution in [0.15, 0.2) is 47.6 Å². The minimum atomic E-state index is -0.181. The van der Waals surface area contributed by atoms with Crippen molar-refractivity contribution < 1.29 is 14.3 Å². The molecule has 2 aromatic carbocycles. The van der Waals surface area contributed by atoms with Gasteiger partial charge in [0, 0.05) is 38.5 Å². The zero-order chi connectivity index (χ0) is 26.6. The lowest BCUT2D eigenvalue weighted by Gasteiger charge is -2.34. The Hall–Kier alpha value is -3.03. The molecule has 7 heteroatoms. The lowest BCUT2D eigenvalue weighted by atomic mass is 9.84. The van der Waals surface area contributed by atoms with E-state index in [0.29, 0.717) is 13.0 Å². The first-order valence-electron chi connectivity index (χ1n) is 14.0. The van der Waals surface area contributed by atoms with Crippen molar-refractivity contribution in [2.24, 2.45) is 11.0 Å². The number of carbonyl (C=O) groups excluding carboxylic acids is 2. The summed E-state index contributed by atoms with van der Waals surface area (Å²) in [5.74, 6) is 0.0416. The zero-order valence-corrected chi connectivity index (χ0v) is 23.0. The topological polar surface area (TPSA) is 65.5 Å². The number of rotatable bonds is 8. The van der Waals surface area contributed by atoms with Crippen LogP contribution in [0.1, 0.15) is 59.5 Å². The molecule has 2 aliphatic heterocycles. The fourth-order valence-corrected chi connectivity index (χ4v) is 5.39.